The quantitative estimate of drug-likeness (QED) is 0.664. The second-order valence-corrected chi connectivity index (χ2v) is 7.37. The molecule has 30 heavy (non-hydrogen) atoms. The van der Waals surface area contributed by atoms with Gasteiger partial charge in [-0.25, -0.2) is 0 Å². The minimum Gasteiger partial charge on any atom is -0.379 e. The van der Waals surface area contributed by atoms with Gasteiger partial charge < -0.3 is 15.0 Å². The van der Waals surface area contributed by atoms with E-state index in [2.05, 4.69) is 27.3 Å². The molecule has 3 aromatic rings. The SMILES string of the molecule is O=C(NCc1cccc(CN2CCOCC2)c1)c1ccc(-c2ccccc2)[nH]c1=O. The fourth-order valence-electron chi connectivity index (χ4n) is 3.57. The largest absolute Gasteiger partial charge is 0.379 e. The number of hydrogen-bond donors (Lipinski definition) is 2. The van der Waals surface area contributed by atoms with Crippen molar-refractivity contribution in [1.82, 2.24) is 15.2 Å². The van der Waals surface area contributed by atoms with Crippen molar-refractivity contribution in [3.05, 3.63) is 93.8 Å². The van der Waals surface area contributed by atoms with Gasteiger partial charge in [0.05, 0.1) is 13.2 Å². The summed E-state index contributed by atoms with van der Waals surface area (Å²) in [6, 6.07) is 21.0. The Balaban J connectivity index is 1.39. The molecule has 0 atom stereocenters. The Morgan fingerprint density at radius 1 is 0.967 bits per heavy atom. The van der Waals surface area contributed by atoms with Crippen molar-refractivity contribution in [3.63, 3.8) is 0 Å². The molecule has 6 nitrogen and oxygen atoms in total. The van der Waals surface area contributed by atoms with E-state index in [0.29, 0.717) is 12.2 Å². The topological polar surface area (TPSA) is 74.4 Å². The van der Waals surface area contributed by atoms with Crippen molar-refractivity contribution in [1.29, 1.82) is 0 Å². The number of morpholine rings is 1. The highest BCUT2D eigenvalue weighted by molar-refractivity contribution is 5.94. The van der Waals surface area contributed by atoms with Gasteiger partial charge in [0.1, 0.15) is 5.56 Å². The van der Waals surface area contributed by atoms with E-state index in [4.69, 9.17) is 4.74 Å². The van der Waals surface area contributed by atoms with Crippen LogP contribution in [0.1, 0.15) is 21.5 Å². The Morgan fingerprint density at radius 2 is 1.73 bits per heavy atom. The van der Waals surface area contributed by atoms with Gasteiger partial charge in [-0.2, -0.15) is 0 Å². The first-order valence-electron chi connectivity index (χ1n) is 10.1. The molecule has 1 amide bonds. The van der Waals surface area contributed by atoms with Crippen LogP contribution in [0, 0.1) is 0 Å². The van der Waals surface area contributed by atoms with Gasteiger partial charge in [-0.15, -0.1) is 0 Å². The van der Waals surface area contributed by atoms with Crippen molar-refractivity contribution >= 4 is 5.91 Å². The van der Waals surface area contributed by atoms with Gasteiger partial charge in [0, 0.05) is 31.9 Å². The minimum atomic E-state index is -0.394. The molecule has 2 aromatic carbocycles. The van der Waals surface area contributed by atoms with Crippen molar-refractivity contribution < 1.29 is 9.53 Å². The van der Waals surface area contributed by atoms with E-state index in [0.717, 1.165) is 44.0 Å². The number of rotatable bonds is 6. The third-order valence-corrected chi connectivity index (χ3v) is 5.19. The van der Waals surface area contributed by atoms with Crippen LogP contribution in [0.5, 0.6) is 0 Å². The highest BCUT2D eigenvalue weighted by atomic mass is 16.5. The molecule has 2 heterocycles. The maximum Gasteiger partial charge on any atom is 0.261 e. The second-order valence-electron chi connectivity index (χ2n) is 7.37. The summed E-state index contributed by atoms with van der Waals surface area (Å²) in [7, 11) is 0. The number of benzene rings is 2. The first-order valence-corrected chi connectivity index (χ1v) is 10.1. The summed E-state index contributed by atoms with van der Waals surface area (Å²) in [5.74, 6) is -0.380. The maximum atomic E-state index is 12.5. The monoisotopic (exact) mass is 403 g/mol. The normalized spacial score (nSPS) is 14.4. The van der Waals surface area contributed by atoms with Gasteiger partial charge in [-0.3, -0.25) is 14.5 Å². The molecule has 1 saturated heterocycles. The number of carbonyl (C=O) groups is 1. The lowest BCUT2D eigenvalue weighted by Crippen LogP contribution is -2.35. The minimum absolute atomic E-state index is 0.110. The summed E-state index contributed by atoms with van der Waals surface area (Å²) in [6.45, 7) is 4.65. The lowest BCUT2D eigenvalue weighted by molar-refractivity contribution is 0.0342. The van der Waals surface area contributed by atoms with E-state index < -0.39 is 5.56 Å². The van der Waals surface area contributed by atoms with Crippen LogP contribution in [0.4, 0.5) is 0 Å². The van der Waals surface area contributed by atoms with Crippen LogP contribution in [-0.2, 0) is 17.8 Å². The van der Waals surface area contributed by atoms with Crippen molar-refractivity contribution in [2.45, 2.75) is 13.1 Å². The molecule has 154 valence electrons. The predicted octanol–water partition coefficient (Wildman–Crippen LogP) is 2.80. The van der Waals surface area contributed by atoms with E-state index in [-0.39, 0.29) is 11.5 Å². The van der Waals surface area contributed by atoms with E-state index in [1.807, 2.05) is 42.5 Å². The van der Waals surface area contributed by atoms with Gasteiger partial charge in [0.25, 0.3) is 11.5 Å². The van der Waals surface area contributed by atoms with Crippen LogP contribution in [-0.4, -0.2) is 42.1 Å². The Kier molecular flexibility index (Phi) is 6.37. The molecule has 0 saturated carbocycles. The fourth-order valence-corrected chi connectivity index (χ4v) is 3.57. The molecule has 4 rings (SSSR count). The molecule has 1 aromatic heterocycles. The molecule has 0 bridgehead atoms. The van der Waals surface area contributed by atoms with Crippen LogP contribution >= 0.6 is 0 Å². The van der Waals surface area contributed by atoms with Crippen molar-refractivity contribution in [2.75, 3.05) is 26.3 Å². The smallest absolute Gasteiger partial charge is 0.261 e. The molecule has 1 aliphatic rings. The second kappa shape index (κ2) is 9.52. The number of ether oxygens (including phenoxy) is 1. The van der Waals surface area contributed by atoms with Crippen LogP contribution in [0.3, 0.4) is 0 Å². The van der Waals surface area contributed by atoms with Crippen LogP contribution in [0.2, 0.25) is 0 Å². The summed E-state index contributed by atoms with van der Waals surface area (Å²) in [4.78, 5) is 30.1. The Labute approximate surface area is 175 Å². The lowest BCUT2D eigenvalue weighted by atomic mass is 10.1. The highest BCUT2D eigenvalue weighted by Gasteiger charge is 2.13. The number of carbonyl (C=O) groups excluding carboxylic acids is 1. The van der Waals surface area contributed by atoms with Crippen LogP contribution in [0.15, 0.2) is 71.5 Å². The zero-order valence-corrected chi connectivity index (χ0v) is 16.8. The van der Waals surface area contributed by atoms with E-state index in [9.17, 15) is 9.59 Å². The Bertz CT molecular complexity index is 1060. The number of amides is 1. The third kappa shape index (κ3) is 5.03. The molecule has 2 N–H and O–H groups in total. The van der Waals surface area contributed by atoms with Gasteiger partial charge in [0.15, 0.2) is 0 Å². The summed E-state index contributed by atoms with van der Waals surface area (Å²) < 4.78 is 5.39. The van der Waals surface area contributed by atoms with E-state index in [1.54, 1.807) is 12.1 Å². The van der Waals surface area contributed by atoms with Gasteiger partial charge in [-0.1, -0.05) is 54.6 Å². The summed E-state index contributed by atoms with van der Waals surface area (Å²) >= 11 is 0. The van der Waals surface area contributed by atoms with Crippen LogP contribution < -0.4 is 10.9 Å². The average molecular weight is 403 g/mol. The zero-order chi connectivity index (χ0) is 20.8. The predicted molar refractivity (Wildman–Crippen MR) is 116 cm³/mol. The summed E-state index contributed by atoms with van der Waals surface area (Å²) in [6.07, 6.45) is 0. The number of nitrogens with one attached hydrogen (secondary N) is 2. The first-order chi connectivity index (χ1) is 14.7. The molecule has 6 heteroatoms. The molecular formula is C24H25N3O3. The number of H-pyrrole nitrogens is 1. The number of aromatic amines is 1. The number of nitrogens with zero attached hydrogens (tertiary/aromatic N) is 1. The molecule has 1 aliphatic heterocycles. The molecular weight excluding hydrogens is 378 g/mol. The first kappa shape index (κ1) is 20.1. The number of pyridine rings is 1. The van der Waals surface area contributed by atoms with Gasteiger partial charge in [0.2, 0.25) is 0 Å². The van der Waals surface area contributed by atoms with E-state index >= 15 is 0 Å². The average Bonchev–Trinajstić information content (AvgIpc) is 2.79. The van der Waals surface area contributed by atoms with Crippen molar-refractivity contribution in [3.8, 4) is 11.3 Å². The summed E-state index contributed by atoms with van der Waals surface area (Å²) in [5.41, 5.74) is 3.51. The molecule has 0 aliphatic carbocycles. The lowest BCUT2D eigenvalue weighted by Gasteiger charge is -2.26. The summed E-state index contributed by atoms with van der Waals surface area (Å²) in [5, 5.41) is 2.85. The molecule has 0 unspecified atom stereocenters. The highest BCUT2D eigenvalue weighted by Crippen LogP contribution is 2.15. The van der Waals surface area contributed by atoms with E-state index in [1.165, 1.54) is 5.56 Å². The molecule has 1 fully saturated rings. The zero-order valence-electron chi connectivity index (χ0n) is 16.8. The Hall–Kier alpha value is -3.22. The van der Waals surface area contributed by atoms with Crippen LogP contribution in [0.25, 0.3) is 11.3 Å². The standard InChI is InChI=1S/C24H25N3O3/c28-23(21-9-10-22(26-24(21)29)20-7-2-1-3-8-20)25-16-18-5-4-6-19(15-18)17-27-11-13-30-14-12-27/h1-10,15H,11-14,16-17H2,(H,25,28)(H,26,29). The third-order valence-electron chi connectivity index (χ3n) is 5.19. The number of aromatic nitrogens is 1. The van der Waals surface area contributed by atoms with Crippen molar-refractivity contribution in [2.24, 2.45) is 0 Å². The fraction of sp³-hybridized carbons (Fsp3) is 0.250. The molecule has 0 spiro atoms. The number of hydrogen-bond acceptors (Lipinski definition) is 4. The Morgan fingerprint density at radius 3 is 2.50 bits per heavy atom. The molecule has 0 radical (unpaired) electrons. The van der Waals surface area contributed by atoms with Gasteiger partial charge in [-0.05, 0) is 28.8 Å². The maximum absolute atomic E-state index is 12.5. The van der Waals surface area contributed by atoms with Gasteiger partial charge >= 0.3 is 0 Å².